The van der Waals surface area contributed by atoms with Crippen molar-refractivity contribution >= 4 is 44.6 Å². The van der Waals surface area contributed by atoms with Gasteiger partial charge in [-0.05, 0) is 24.3 Å². The number of phenols is 9. The molecule has 6 aromatic rings. The van der Waals surface area contributed by atoms with E-state index in [0.29, 0.717) is 18.2 Å². The van der Waals surface area contributed by atoms with Crippen LogP contribution in [0.5, 0.6) is 63.2 Å². The third-order valence-corrected chi connectivity index (χ3v) is 8.77. The van der Waals surface area contributed by atoms with Gasteiger partial charge in [-0.2, -0.15) is 0 Å². The van der Waals surface area contributed by atoms with E-state index in [1.54, 1.807) is 0 Å². The summed E-state index contributed by atoms with van der Waals surface area (Å²) in [5.74, 6) is -15.1. The Labute approximate surface area is 306 Å². The van der Waals surface area contributed by atoms with Gasteiger partial charge in [0.2, 0.25) is 23.0 Å². The zero-order chi connectivity index (χ0) is 40.7. The van der Waals surface area contributed by atoms with E-state index < -0.39 is 157 Å². The van der Waals surface area contributed by atoms with E-state index in [9.17, 15) is 80.5 Å². The van der Waals surface area contributed by atoms with Crippen molar-refractivity contribution in [1.29, 1.82) is 0 Å². The number of esters is 2. The Morgan fingerprint density at radius 2 is 1.14 bits per heavy atom. The van der Waals surface area contributed by atoms with Crippen LogP contribution in [0.1, 0.15) is 20.7 Å². The van der Waals surface area contributed by atoms with Crippen molar-refractivity contribution in [2.75, 3.05) is 6.61 Å². The first-order valence-electron chi connectivity index (χ1n) is 15.6. The Bertz CT molecular complexity index is 2710. The summed E-state index contributed by atoms with van der Waals surface area (Å²) in [6.07, 6.45) is -10.5. The van der Waals surface area contributed by atoms with Crippen LogP contribution < -0.4 is 16.0 Å². The zero-order valence-electron chi connectivity index (χ0n) is 27.4. The van der Waals surface area contributed by atoms with Crippen molar-refractivity contribution in [3.05, 3.63) is 62.3 Å². The number of aliphatic hydroxyl groups excluding tert-OH is 3. The van der Waals surface area contributed by atoms with Crippen molar-refractivity contribution in [3.8, 4) is 63.2 Å². The summed E-state index contributed by atoms with van der Waals surface area (Å²) in [4.78, 5) is 52.8. The molecule has 292 valence electrons. The fourth-order valence-electron chi connectivity index (χ4n) is 6.07. The summed E-state index contributed by atoms with van der Waals surface area (Å²) in [6.45, 7) is -0.993. The molecular formula is C34H24O22. The molecule has 0 bridgehead atoms. The van der Waals surface area contributed by atoms with Gasteiger partial charge in [-0.15, -0.1) is 0 Å². The Kier molecular flexibility index (Phi) is 8.69. The van der Waals surface area contributed by atoms with Gasteiger partial charge in [0.25, 0.3) is 0 Å². The lowest BCUT2D eigenvalue weighted by Crippen LogP contribution is -2.61. The number of aliphatic hydroxyl groups is 3. The molecule has 12 N–H and O–H groups in total. The van der Waals surface area contributed by atoms with Gasteiger partial charge in [-0.3, -0.25) is 0 Å². The molecule has 1 aliphatic heterocycles. The number of benzene rings is 4. The lowest BCUT2D eigenvalue weighted by molar-refractivity contribution is -0.285. The number of carbonyl (C=O) groups excluding carboxylic acids is 2. The van der Waals surface area contributed by atoms with Crippen molar-refractivity contribution in [1.82, 2.24) is 0 Å². The average Bonchev–Trinajstić information content (AvgIpc) is 3.15. The lowest BCUT2D eigenvalue weighted by atomic mass is 9.98. The second kappa shape index (κ2) is 13.2. The van der Waals surface area contributed by atoms with Crippen molar-refractivity contribution in [3.63, 3.8) is 0 Å². The standard InChI is InChI=1S/C34H24O22/c35-6-16-22(44)28(55-30(46)7-1-11(36)19(41)12(37)2-7)29(34(50)51-16)56-33(49)10-5-13(38)20(42)23(45)24(10)52-25-15(40)4-9-18-17-8(32(48)54-27(18)25)3-14(39)21(43)26(17)53-31(9)47/h1-5,16,22,28-29,34-45,50H,6H2/t16-,22-,28+,29-,34-/m1/s1. The SMILES string of the molecule is O=C(O[C@H]1[C@H](O)[C@@H](CO)O[C@@H](O)[C@@H]1OC(=O)c1cc(O)c(O)c(O)c1Oc1c(O)cc2c(=O)oc3c(O)c(O)cc4c(=O)oc1c2c34)c1cc(O)c(O)c(O)c1. The summed E-state index contributed by atoms with van der Waals surface area (Å²) < 4.78 is 31.5. The van der Waals surface area contributed by atoms with E-state index in [1.807, 2.05) is 0 Å². The summed E-state index contributed by atoms with van der Waals surface area (Å²) >= 11 is 0. The molecule has 1 saturated heterocycles. The summed E-state index contributed by atoms with van der Waals surface area (Å²) in [7, 11) is 0. The fourth-order valence-corrected chi connectivity index (χ4v) is 6.07. The smallest absolute Gasteiger partial charge is 0.344 e. The van der Waals surface area contributed by atoms with Crippen molar-refractivity contribution in [2.45, 2.75) is 30.7 Å². The maximum Gasteiger partial charge on any atom is 0.344 e. The van der Waals surface area contributed by atoms with Crippen LogP contribution in [0, 0.1) is 0 Å². The van der Waals surface area contributed by atoms with E-state index in [1.165, 1.54) is 0 Å². The van der Waals surface area contributed by atoms with Crippen LogP contribution in [0.25, 0.3) is 32.7 Å². The molecular weight excluding hydrogens is 760 g/mol. The minimum atomic E-state index is -2.32. The Hall–Kier alpha value is -7.40. The maximum atomic E-state index is 13.8. The highest BCUT2D eigenvalue weighted by atomic mass is 16.7. The van der Waals surface area contributed by atoms with Crippen molar-refractivity contribution in [2.24, 2.45) is 0 Å². The van der Waals surface area contributed by atoms with Crippen LogP contribution in [0.3, 0.4) is 0 Å². The zero-order valence-corrected chi connectivity index (χ0v) is 27.4. The third-order valence-electron chi connectivity index (χ3n) is 8.77. The normalized spacial score (nSPS) is 19.7. The largest absolute Gasteiger partial charge is 0.504 e. The molecule has 1 fully saturated rings. The Morgan fingerprint density at radius 1 is 0.607 bits per heavy atom. The Balaban J connectivity index is 1.32. The first kappa shape index (κ1) is 36.9. The van der Waals surface area contributed by atoms with E-state index >= 15 is 0 Å². The van der Waals surface area contributed by atoms with Crippen LogP contribution in [-0.2, 0) is 14.2 Å². The maximum absolute atomic E-state index is 13.8. The van der Waals surface area contributed by atoms with Crippen LogP contribution in [0.2, 0.25) is 0 Å². The number of rotatable bonds is 7. The first-order valence-corrected chi connectivity index (χ1v) is 15.6. The minimum Gasteiger partial charge on any atom is -0.504 e. The molecule has 56 heavy (non-hydrogen) atoms. The highest BCUT2D eigenvalue weighted by molar-refractivity contribution is 6.22. The van der Waals surface area contributed by atoms with Crippen LogP contribution in [0.15, 0.2) is 48.8 Å². The second-order valence-corrected chi connectivity index (χ2v) is 12.2. The number of phenolic OH excluding ortho intramolecular Hbond substituents is 9. The molecule has 3 heterocycles. The third kappa shape index (κ3) is 5.68. The molecule has 7 rings (SSSR count). The van der Waals surface area contributed by atoms with E-state index in [2.05, 4.69) is 0 Å². The van der Waals surface area contributed by atoms with Gasteiger partial charge in [0.15, 0.2) is 69.9 Å². The highest BCUT2D eigenvalue weighted by Crippen LogP contribution is 2.51. The van der Waals surface area contributed by atoms with Gasteiger partial charge in [0, 0.05) is 16.8 Å². The van der Waals surface area contributed by atoms with Gasteiger partial charge in [0.05, 0.1) is 22.9 Å². The number of carbonyl (C=O) groups is 2. The number of hydrogen-bond acceptors (Lipinski definition) is 22. The minimum absolute atomic E-state index is 0.312. The number of hydrogen-bond donors (Lipinski definition) is 12. The van der Waals surface area contributed by atoms with Gasteiger partial charge >= 0.3 is 23.2 Å². The molecule has 22 nitrogen and oxygen atoms in total. The molecule has 5 atom stereocenters. The number of aromatic hydroxyl groups is 9. The molecule has 0 amide bonds. The van der Waals surface area contributed by atoms with Gasteiger partial charge < -0.3 is 89.1 Å². The fraction of sp³-hybridized carbons (Fsp3) is 0.176. The van der Waals surface area contributed by atoms with E-state index in [0.717, 1.165) is 12.1 Å². The number of ether oxygens (including phenoxy) is 4. The van der Waals surface area contributed by atoms with Crippen molar-refractivity contribution < 1.29 is 98.6 Å². The predicted molar refractivity (Wildman–Crippen MR) is 178 cm³/mol. The molecule has 1 aliphatic rings. The molecule has 0 unspecified atom stereocenters. The van der Waals surface area contributed by atoms with Crippen LogP contribution in [0.4, 0.5) is 0 Å². The van der Waals surface area contributed by atoms with E-state index in [4.69, 9.17) is 27.8 Å². The average molecular weight is 785 g/mol. The van der Waals surface area contributed by atoms with E-state index in [-0.39, 0.29) is 10.8 Å². The predicted octanol–water partition coefficient (Wildman–Crippen LogP) is 0.454. The van der Waals surface area contributed by atoms with Gasteiger partial charge in [-0.1, -0.05) is 0 Å². The van der Waals surface area contributed by atoms with Crippen LogP contribution >= 0.6 is 0 Å². The molecule has 4 aromatic carbocycles. The molecule has 0 saturated carbocycles. The Morgan fingerprint density at radius 3 is 1.77 bits per heavy atom. The second-order valence-electron chi connectivity index (χ2n) is 12.2. The quantitative estimate of drug-likeness (QED) is 0.0452. The van der Waals surface area contributed by atoms with Gasteiger partial charge in [0.1, 0.15) is 17.8 Å². The monoisotopic (exact) mass is 784 g/mol. The molecule has 0 aliphatic carbocycles. The van der Waals surface area contributed by atoms with Gasteiger partial charge in [-0.25, -0.2) is 19.2 Å². The highest BCUT2D eigenvalue weighted by Gasteiger charge is 2.50. The molecule has 0 radical (unpaired) electrons. The summed E-state index contributed by atoms with van der Waals surface area (Å²) in [6, 6.07) is 3.26. The molecule has 0 spiro atoms. The topological polar surface area (TPSA) is 374 Å². The molecule has 2 aromatic heterocycles. The first-order chi connectivity index (χ1) is 26.4. The molecule has 22 heteroatoms. The lowest BCUT2D eigenvalue weighted by Gasteiger charge is -2.41. The summed E-state index contributed by atoms with van der Waals surface area (Å²) in [5.41, 5.74) is -5.64. The van der Waals surface area contributed by atoms with Crippen LogP contribution in [-0.4, -0.2) is 111 Å². The summed E-state index contributed by atoms with van der Waals surface area (Å²) in [5, 5.41) is 122.